The van der Waals surface area contributed by atoms with Crippen LogP contribution in [0.3, 0.4) is 0 Å². The van der Waals surface area contributed by atoms with E-state index >= 15 is 0 Å². The Balaban J connectivity index is 1.75. The van der Waals surface area contributed by atoms with Crippen LogP contribution in [0.15, 0.2) is 46.7 Å². The number of benzene rings is 1. The SMILES string of the molecule is COCCN(C1CCN(C)CC1)S(=O)(=O)c1ccc(NC(=O)c2cccs2)cc1. The van der Waals surface area contributed by atoms with Gasteiger partial charge in [-0.1, -0.05) is 6.07 Å². The van der Waals surface area contributed by atoms with E-state index in [0.29, 0.717) is 23.7 Å². The fourth-order valence-corrected chi connectivity index (χ4v) is 5.70. The Morgan fingerprint density at radius 3 is 2.52 bits per heavy atom. The fourth-order valence-electron chi connectivity index (χ4n) is 3.41. The number of carbonyl (C=O) groups is 1. The quantitative estimate of drug-likeness (QED) is 0.687. The summed E-state index contributed by atoms with van der Waals surface area (Å²) in [5.41, 5.74) is 0.560. The van der Waals surface area contributed by atoms with Crippen molar-refractivity contribution in [2.75, 3.05) is 45.7 Å². The zero-order valence-electron chi connectivity index (χ0n) is 16.7. The molecule has 2 aromatic rings. The lowest BCUT2D eigenvalue weighted by Crippen LogP contribution is -2.47. The number of nitrogens with one attached hydrogen (secondary N) is 1. The van der Waals surface area contributed by atoms with Crippen molar-refractivity contribution in [3.8, 4) is 0 Å². The average Bonchev–Trinajstić information content (AvgIpc) is 3.25. The van der Waals surface area contributed by atoms with Crippen LogP contribution in [0.5, 0.6) is 0 Å². The van der Waals surface area contributed by atoms with E-state index in [0.717, 1.165) is 25.9 Å². The largest absolute Gasteiger partial charge is 0.383 e. The Hall–Kier alpha value is -1.78. The summed E-state index contributed by atoms with van der Waals surface area (Å²) in [6.45, 7) is 2.42. The molecule has 0 unspecified atom stereocenters. The van der Waals surface area contributed by atoms with Gasteiger partial charge in [-0.2, -0.15) is 4.31 Å². The maximum atomic E-state index is 13.3. The first-order valence-electron chi connectivity index (χ1n) is 9.56. The molecule has 3 rings (SSSR count). The molecule has 29 heavy (non-hydrogen) atoms. The normalized spacial score (nSPS) is 16.2. The van der Waals surface area contributed by atoms with Gasteiger partial charge in [-0.3, -0.25) is 4.79 Å². The Morgan fingerprint density at radius 2 is 1.93 bits per heavy atom. The smallest absolute Gasteiger partial charge is 0.265 e. The minimum absolute atomic E-state index is 0.0374. The molecule has 1 aliphatic rings. The van der Waals surface area contributed by atoms with Crippen molar-refractivity contribution in [3.05, 3.63) is 46.7 Å². The lowest BCUT2D eigenvalue weighted by atomic mass is 10.1. The summed E-state index contributed by atoms with van der Waals surface area (Å²) < 4.78 is 33.3. The highest BCUT2D eigenvalue weighted by molar-refractivity contribution is 7.89. The highest BCUT2D eigenvalue weighted by Crippen LogP contribution is 2.25. The molecular formula is C20H27N3O4S2. The van der Waals surface area contributed by atoms with E-state index in [9.17, 15) is 13.2 Å². The van der Waals surface area contributed by atoms with Crippen molar-refractivity contribution >= 4 is 33.0 Å². The standard InChI is InChI=1S/C20H27N3O4S2/c1-22-11-9-17(10-12-22)23(13-14-27-2)29(25,26)18-7-5-16(6-8-18)21-20(24)19-4-3-15-28-19/h3-8,15,17H,9-14H2,1-2H3,(H,21,24). The number of nitrogens with zero attached hydrogens (tertiary/aromatic N) is 2. The third-order valence-electron chi connectivity index (χ3n) is 5.07. The van der Waals surface area contributed by atoms with Gasteiger partial charge in [0.25, 0.3) is 5.91 Å². The minimum atomic E-state index is -3.65. The lowest BCUT2D eigenvalue weighted by molar-refractivity contribution is 0.103. The summed E-state index contributed by atoms with van der Waals surface area (Å²) >= 11 is 1.36. The van der Waals surface area contributed by atoms with E-state index < -0.39 is 10.0 Å². The number of amides is 1. The average molecular weight is 438 g/mol. The molecule has 0 atom stereocenters. The highest BCUT2D eigenvalue weighted by atomic mass is 32.2. The predicted molar refractivity (Wildman–Crippen MR) is 115 cm³/mol. The van der Waals surface area contributed by atoms with Gasteiger partial charge < -0.3 is 15.0 Å². The summed E-state index contributed by atoms with van der Waals surface area (Å²) in [7, 11) is -0.0317. The maximum absolute atomic E-state index is 13.3. The minimum Gasteiger partial charge on any atom is -0.383 e. The van der Waals surface area contributed by atoms with Gasteiger partial charge in [0, 0.05) is 25.4 Å². The van der Waals surface area contributed by atoms with E-state index in [1.807, 2.05) is 18.5 Å². The number of sulfonamides is 1. The molecule has 0 bridgehead atoms. The molecule has 1 N–H and O–H groups in total. The molecule has 7 nitrogen and oxygen atoms in total. The van der Waals surface area contributed by atoms with Crippen LogP contribution in [0.1, 0.15) is 22.5 Å². The van der Waals surface area contributed by atoms with Crippen LogP contribution in [0, 0.1) is 0 Å². The monoisotopic (exact) mass is 437 g/mol. The summed E-state index contributed by atoms with van der Waals surface area (Å²) in [4.78, 5) is 15.2. The van der Waals surface area contributed by atoms with Crippen LogP contribution < -0.4 is 5.32 Å². The number of anilines is 1. The van der Waals surface area contributed by atoms with E-state index in [4.69, 9.17) is 4.74 Å². The van der Waals surface area contributed by atoms with Crippen LogP contribution in [-0.4, -0.2) is 70.0 Å². The van der Waals surface area contributed by atoms with Crippen LogP contribution in [0.4, 0.5) is 5.69 Å². The van der Waals surface area contributed by atoms with E-state index in [2.05, 4.69) is 10.2 Å². The molecular weight excluding hydrogens is 410 g/mol. The molecule has 1 aliphatic heterocycles. The third-order valence-corrected chi connectivity index (χ3v) is 7.91. The Kier molecular flexibility index (Phi) is 7.42. The van der Waals surface area contributed by atoms with E-state index in [-0.39, 0.29) is 16.8 Å². The van der Waals surface area contributed by atoms with Crippen molar-refractivity contribution in [2.24, 2.45) is 0 Å². The van der Waals surface area contributed by atoms with Crippen molar-refractivity contribution in [1.29, 1.82) is 0 Å². The lowest BCUT2D eigenvalue weighted by Gasteiger charge is -2.36. The zero-order chi connectivity index (χ0) is 20.9. The number of thiophene rings is 1. The first kappa shape index (κ1) is 21.9. The first-order valence-corrected chi connectivity index (χ1v) is 11.9. The van der Waals surface area contributed by atoms with Gasteiger partial charge in [0.1, 0.15) is 0 Å². The number of carbonyl (C=O) groups excluding carboxylic acids is 1. The molecule has 1 amide bonds. The number of piperidine rings is 1. The number of hydrogen-bond acceptors (Lipinski definition) is 6. The summed E-state index contributed by atoms with van der Waals surface area (Å²) in [5, 5.41) is 4.63. The number of methoxy groups -OCH3 is 1. The molecule has 1 saturated heterocycles. The Labute approximate surface area is 176 Å². The number of ether oxygens (including phenoxy) is 1. The topological polar surface area (TPSA) is 79.0 Å². The number of likely N-dealkylation sites (tertiary alicyclic amines) is 1. The van der Waals surface area contributed by atoms with Crippen molar-refractivity contribution < 1.29 is 17.9 Å². The van der Waals surface area contributed by atoms with Gasteiger partial charge in [-0.25, -0.2) is 8.42 Å². The van der Waals surface area contributed by atoms with Gasteiger partial charge in [-0.15, -0.1) is 11.3 Å². The number of rotatable bonds is 8. The van der Waals surface area contributed by atoms with Crippen LogP contribution in [-0.2, 0) is 14.8 Å². The van der Waals surface area contributed by atoms with E-state index in [1.54, 1.807) is 41.7 Å². The highest BCUT2D eigenvalue weighted by Gasteiger charge is 2.33. The number of hydrogen-bond donors (Lipinski definition) is 1. The maximum Gasteiger partial charge on any atom is 0.265 e. The van der Waals surface area contributed by atoms with Crippen molar-refractivity contribution in [1.82, 2.24) is 9.21 Å². The molecule has 0 radical (unpaired) electrons. The molecule has 1 aromatic carbocycles. The van der Waals surface area contributed by atoms with Crippen LogP contribution in [0.25, 0.3) is 0 Å². The van der Waals surface area contributed by atoms with Gasteiger partial charge in [0.15, 0.2) is 0 Å². The van der Waals surface area contributed by atoms with Gasteiger partial charge in [-0.05, 0) is 68.7 Å². The Bertz CT molecular complexity index is 890. The van der Waals surface area contributed by atoms with Gasteiger partial charge >= 0.3 is 0 Å². The summed E-state index contributed by atoms with van der Waals surface area (Å²) in [6.07, 6.45) is 1.60. The predicted octanol–water partition coefficient (Wildman–Crippen LogP) is 2.73. The van der Waals surface area contributed by atoms with E-state index in [1.165, 1.54) is 11.3 Å². The van der Waals surface area contributed by atoms with Gasteiger partial charge in [0.05, 0.1) is 16.4 Å². The fraction of sp³-hybridized carbons (Fsp3) is 0.450. The molecule has 0 saturated carbocycles. The first-order chi connectivity index (χ1) is 13.9. The molecule has 1 aromatic heterocycles. The molecule has 0 aliphatic carbocycles. The van der Waals surface area contributed by atoms with Crippen molar-refractivity contribution in [2.45, 2.75) is 23.8 Å². The molecule has 158 valence electrons. The third kappa shape index (κ3) is 5.43. The second-order valence-corrected chi connectivity index (χ2v) is 9.94. The van der Waals surface area contributed by atoms with Gasteiger partial charge in [0.2, 0.25) is 10.0 Å². The van der Waals surface area contributed by atoms with Crippen molar-refractivity contribution in [3.63, 3.8) is 0 Å². The molecule has 0 spiro atoms. The molecule has 2 heterocycles. The van der Waals surface area contributed by atoms with Crippen LogP contribution in [0.2, 0.25) is 0 Å². The molecule has 9 heteroatoms. The molecule has 1 fully saturated rings. The summed E-state index contributed by atoms with van der Waals surface area (Å²) in [5.74, 6) is -0.205. The second kappa shape index (κ2) is 9.82. The Morgan fingerprint density at radius 1 is 1.24 bits per heavy atom. The zero-order valence-corrected chi connectivity index (χ0v) is 18.3. The second-order valence-electron chi connectivity index (χ2n) is 7.10. The summed E-state index contributed by atoms with van der Waals surface area (Å²) in [6, 6.07) is 9.87. The van der Waals surface area contributed by atoms with Crippen LogP contribution >= 0.6 is 11.3 Å².